The van der Waals surface area contributed by atoms with Crippen LogP contribution in [-0.2, 0) is 6.54 Å². The lowest BCUT2D eigenvalue weighted by atomic mass is 10.0. The smallest absolute Gasteiger partial charge is 0.0211 e. The van der Waals surface area contributed by atoms with E-state index in [1.54, 1.807) is 0 Å². The highest BCUT2D eigenvalue weighted by Crippen LogP contribution is 2.12. The van der Waals surface area contributed by atoms with Crippen molar-refractivity contribution in [3.8, 4) is 0 Å². The molecule has 106 valence electrons. The second kappa shape index (κ2) is 7.04. The summed E-state index contributed by atoms with van der Waals surface area (Å²) in [4.78, 5) is 4.96. The van der Waals surface area contributed by atoms with Crippen molar-refractivity contribution in [2.24, 2.45) is 0 Å². The Labute approximate surface area is 117 Å². The molecule has 1 aromatic rings. The highest BCUT2D eigenvalue weighted by atomic mass is 15.2. The average Bonchev–Trinajstić information content (AvgIpc) is 2.39. The standard InChI is InChI=1S/C16H27N3/c1-14-5-4-6-15(2)16(14)13-17-7-8-19-11-9-18(3)10-12-19/h4-6,17H,7-13H2,1-3H3. The lowest BCUT2D eigenvalue weighted by Gasteiger charge is -2.32. The molecule has 1 saturated heterocycles. The SMILES string of the molecule is Cc1cccc(C)c1CNCCN1CCN(C)CC1. The molecule has 3 nitrogen and oxygen atoms in total. The largest absolute Gasteiger partial charge is 0.311 e. The van der Waals surface area contributed by atoms with E-state index in [0.29, 0.717) is 0 Å². The first kappa shape index (κ1) is 14.5. The molecule has 0 bridgehead atoms. The van der Waals surface area contributed by atoms with Gasteiger partial charge in [0.25, 0.3) is 0 Å². The van der Waals surface area contributed by atoms with Crippen molar-refractivity contribution in [1.82, 2.24) is 15.1 Å². The molecule has 0 spiro atoms. The van der Waals surface area contributed by atoms with Gasteiger partial charge in [0, 0.05) is 45.8 Å². The van der Waals surface area contributed by atoms with Crippen LogP contribution in [0.3, 0.4) is 0 Å². The first-order valence-electron chi connectivity index (χ1n) is 7.33. The van der Waals surface area contributed by atoms with Gasteiger partial charge in [-0.15, -0.1) is 0 Å². The summed E-state index contributed by atoms with van der Waals surface area (Å²) in [5, 5.41) is 3.59. The van der Waals surface area contributed by atoms with Gasteiger partial charge >= 0.3 is 0 Å². The predicted molar refractivity (Wildman–Crippen MR) is 81.6 cm³/mol. The van der Waals surface area contributed by atoms with Crippen LogP contribution in [0.25, 0.3) is 0 Å². The van der Waals surface area contributed by atoms with Crippen LogP contribution >= 0.6 is 0 Å². The molecular weight excluding hydrogens is 234 g/mol. The summed E-state index contributed by atoms with van der Waals surface area (Å²) in [7, 11) is 2.20. The van der Waals surface area contributed by atoms with E-state index in [-0.39, 0.29) is 0 Å². The number of nitrogens with zero attached hydrogens (tertiary/aromatic N) is 2. The molecular formula is C16H27N3. The Bertz CT molecular complexity index is 375. The number of aryl methyl sites for hydroxylation is 2. The van der Waals surface area contributed by atoms with Crippen molar-refractivity contribution in [1.29, 1.82) is 0 Å². The molecule has 0 aromatic heterocycles. The van der Waals surface area contributed by atoms with Crippen LogP contribution in [0.15, 0.2) is 18.2 Å². The third kappa shape index (κ3) is 4.30. The Morgan fingerprint density at radius 3 is 2.32 bits per heavy atom. The third-order valence-corrected chi connectivity index (χ3v) is 4.15. The molecule has 0 aliphatic carbocycles. The van der Waals surface area contributed by atoms with Crippen LogP contribution < -0.4 is 5.32 Å². The summed E-state index contributed by atoms with van der Waals surface area (Å²) in [5.74, 6) is 0. The highest BCUT2D eigenvalue weighted by Gasteiger charge is 2.12. The average molecular weight is 261 g/mol. The minimum absolute atomic E-state index is 0.992. The van der Waals surface area contributed by atoms with E-state index in [4.69, 9.17) is 0 Å². The Balaban J connectivity index is 1.69. The molecule has 1 aliphatic heterocycles. The van der Waals surface area contributed by atoms with Gasteiger partial charge in [0.15, 0.2) is 0 Å². The van der Waals surface area contributed by atoms with Crippen molar-refractivity contribution in [3.05, 3.63) is 34.9 Å². The number of rotatable bonds is 5. The molecule has 1 aromatic carbocycles. The van der Waals surface area contributed by atoms with Crippen LogP contribution in [0.2, 0.25) is 0 Å². The maximum atomic E-state index is 3.59. The summed E-state index contributed by atoms with van der Waals surface area (Å²) in [6, 6.07) is 6.54. The van der Waals surface area contributed by atoms with E-state index in [2.05, 4.69) is 54.2 Å². The minimum Gasteiger partial charge on any atom is -0.311 e. The minimum atomic E-state index is 0.992. The van der Waals surface area contributed by atoms with E-state index < -0.39 is 0 Å². The monoisotopic (exact) mass is 261 g/mol. The van der Waals surface area contributed by atoms with E-state index in [0.717, 1.165) is 13.1 Å². The van der Waals surface area contributed by atoms with Crippen LogP contribution in [0.1, 0.15) is 16.7 Å². The zero-order valence-electron chi connectivity index (χ0n) is 12.6. The number of hydrogen-bond donors (Lipinski definition) is 1. The van der Waals surface area contributed by atoms with E-state index in [9.17, 15) is 0 Å². The quantitative estimate of drug-likeness (QED) is 0.813. The molecule has 3 heteroatoms. The van der Waals surface area contributed by atoms with Crippen molar-refractivity contribution >= 4 is 0 Å². The van der Waals surface area contributed by atoms with Gasteiger partial charge in [-0.3, -0.25) is 4.90 Å². The van der Waals surface area contributed by atoms with Crippen molar-refractivity contribution < 1.29 is 0 Å². The van der Waals surface area contributed by atoms with Gasteiger partial charge in [-0.1, -0.05) is 18.2 Å². The van der Waals surface area contributed by atoms with Crippen LogP contribution in [0, 0.1) is 13.8 Å². The van der Waals surface area contributed by atoms with Crippen LogP contribution in [0.4, 0.5) is 0 Å². The van der Waals surface area contributed by atoms with Gasteiger partial charge in [0.2, 0.25) is 0 Å². The number of nitrogens with one attached hydrogen (secondary N) is 1. The summed E-state index contributed by atoms with van der Waals surface area (Å²) in [6.45, 7) is 12.5. The molecule has 0 saturated carbocycles. The Hall–Kier alpha value is -0.900. The van der Waals surface area contributed by atoms with Gasteiger partial charge in [0.05, 0.1) is 0 Å². The number of benzene rings is 1. The maximum absolute atomic E-state index is 3.59. The summed E-state index contributed by atoms with van der Waals surface area (Å²) in [5.41, 5.74) is 4.25. The first-order chi connectivity index (χ1) is 9.16. The second-order valence-corrected chi connectivity index (χ2v) is 5.69. The Morgan fingerprint density at radius 1 is 1.05 bits per heavy atom. The molecule has 1 N–H and O–H groups in total. The lowest BCUT2D eigenvalue weighted by Crippen LogP contribution is -2.46. The molecule has 0 radical (unpaired) electrons. The fourth-order valence-corrected chi connectivity index (χ4v) is 2.65. The zero-order chi connectivity index (χ0) is 13.7. The third-order valence-electron chi connectivity index (χ3n) is 4.15. The molecule has 19 heavy (non-hydrogen) atoms. The van der Waals surface area contributed by atoms with Gasteiger partial charge in [-0.2, -0.15) is 0 Å². The van der Waals surface area contributed by atoms with E-state index in [1.165, 1.54) is 49.4 Å². The van der Waals surface area contributed by atoms with Crippen LogP contribution in [0.5, 0.6) is 0 Å². The Morgan fingerprint density at radius 2 is 1.68 bits per heavy atom. The highest BCUT2D eigenvalue weighted by molar-refractivity contribution is 5.33. The molecule has 1 fully saturated rings. The van der Waals surface area contributed by atoms with Crippen molar-refractivity contribution in [2.75, 3.05) is 46.3 Å². The van der Waals surface area contributed by atoms with Crippen LogP contribution in [-0.4, -0.2) is 56.1 Å². The van der Waals surface area contributed by atoms with Crippen molar-refractivity contribution in [3.63, 3.8) is 0 Å². The van der Waals surface area contributed by atoms with Gasteiger partial charge in [-0.25, -0.2) is 0 Å². The molecule has 2 rings (SSSR count). The van der Waals surface area contributed by atoms with Gasteiger partial charge in [-0.05, 0) is 37.6 Å². The second-order valence-electron chi connectivity index (χ2n) is 5.69. The summed E-state index contributed by atoms with van der Waals surface area (Å²) in [6.07, 6.45) is 0. The number of likely N-dealkylation sites (N-methyl/N-ethyl adjacent to an activating group) is 1. The van der Waals surface area contributed by atoms with E-state index in [1.807, 2.05) is 0 Å². The fourth-order valence-electron chi connectivity index (χ4n) is 2.65. The zero-order valence-corrected chi connectivity index (χ0v) is 12.6. The maximum Gasteiger partial charge on any atom is 0.0211 e. The molecule has 0 amide bonds. The predicted octanol–water partition coefficient (Wildman–Crippen LogP) is 1.64. The molecule has 1 aliphatic rings. The number of piperazine rings is 1. The molecule has 0 atom stereocenters. The van der Waals surface area contributed by atoms with Crippen molar-refractivity contribution in [2.45, 2.75) is 20.4 Å². The van der Waals surface area contributed by atoms with E-state index >= 15 is 0 Å². The summed E-state index contributed by atoms with van der Waals surface area (Å²) < 4.78 is 0. The molecule has 1 heterocycles. The topological polar surface area (TPSA) is 18.5 Å². The molecule has 0 unspecified atom stereocenters. The van der Waals surface area contributed by atoms with Gasteiger partial charge < -0.3 is 10.2 Å². The number of hydrogen-bond acceptors (Lipinski definition) is 3. The first-order valence-corrected chi connectivity index (χ1v) is 7.33. The normalized spacial score (nSPS) is 17.8. The fraction of sp³-hybridized carbons (Fsp3) is 0.625. The summed E-state index contributed by atoms with van der Waals surface area (Å²) >= 11 is 0. The Kier molecular flexibility index (Phi) is 5.37. The van der Waals surface area contributed by atoms with Gasteiger partial charge in [0.1, 0.15) is 0 Å². The lowest BCUT2D eigenvalue weighted by molar-refractivity contribution is 0.154.